The van der Waals surface area contributed by atoms with Gasteiger partial charge in [-0.15, -0.1) is 0 Å². The van der Waals surface area contributed by atoms with Crippen molar-refractivity contribution in [2.24, 2.45) is 0 Å². The Morgan fingerprint density at radius 3 is 2.04 bits per heavy atom. The molecule has 0 N–H and O–H groups in total. The lowest BCUT2D eigenvalue weighted by atomic mass is 10.0. The molecular weight excluding hydrogens is 400 g/mol. The van der Waals surface area contributed by atoms with Gasteiger partial charge in [0.1, 0.15) is 9.83 Å². The maximum atomic E-state index is 11.3. The van der Waals surface area contributed by atoms with Crippen LogP contribution in [0.3, 0.4) is 0 Å². The number of ether oxygens (including phenoxy) is 2. The third-order valence-electron chi connectivity index (χ3n) is 3.60. The molecule has 148 valence electrons. The number of thiol groups is 2. The SMILES string of the molecule is CC.CCOC(=O)CCCOc1ccc(C(S)(S)c2ccc(Cl)cc2)cc1. The van der Waals surface area contributed by atoms with Gasteiger partial charge in [-0.2, -0.15) is 25.3 Å². The Bertz CT molecular complexity index is 686. The van der Waals surface area contributed by atoms with E-state index in [0.717, 1.165) is 16.9 Å². The number of carbonyl (C=O) groups is 1. The molecule has 0 aromatic heterocycles. The van der Waals surface area contributed by atoms with Gasteiger partial charge in [-0.1, -0.05) is 49.7 Å². The predicted octanol–water partition coefficient (Wildman–Crippen LogP) is 6.15. The Labute approximate surface area is 178 Å². The van der Waals surface area contributed by atoms with Crippen LogP contribution in [0.25, 0.3) is 0 Å². The van der Waals surface area contributed by atoms with Crippen LogP contribution in [0, 0.1) is 0 Å². The summed E-state index contributed by atoms with van der Waals surface area (Å²) in [5.74, 6) is 0.542. The number of halogens is 1. The van der Waals surface area contributed by atoms with Gasteiger partial charge in [-0.25, -0.2) is 0 Å². The van der Waals surface area contributed by atoms with E-state index in [2.05, 4.69) is 0 Å². The molecule has 0 saturated heterocycles. The van der Waals surface area contributed by atoms with Crippen molar-refractivity contribution in [3.8, 4) is 5.75 Å². The zero-order chi connectivity index (χ0) is 20.3. The molecule has 0 saturated carbocycles. The Morgan fingerprint density at radius 2 is 1.52 bits per heavy atom. The monoisotopic (exact) mass is 426 g/mol. The molecule has 0 heterocycles. The Kier molecular flexibility index (Phi) is 10.7. The lowest BCUT2D eigenvalue weighted by Gasteiger charge is -2.24. The van der Waals surface area contributed by atoms with Crippen LogP contribution in [0.5, 0.6) is 5.75 Å². The van der Waals surface area contributed by atoms with Gasteiger partial charge >= 0.3 is 5.97 Å². The zero-order valence-electron chi connectivity index (χ0n) is 15.9. The first-order valence-electron chi connectivity index (χ1n) is 9.03. The van der Waals surface area contributed by atoms with Crippen molar-refractivity contribution in [2.75, 3.05) is 13.2 Å². The third-order valence-corrected chi connectivity index (χ3v) is 4.89. The zero-order valence-corrected chi connectivity index (χ0v) is 18.5. The van der Waals surface area contributed by atoms with Gasteiger partial charge in [-0.05, 0) is 48.7 Å². The molecule has 0 aliphatic heterocycles. The highest BCUT2D eigenvalue weighted by Gasteiger charge is 2.25. The van der Waals surface area contributed by atoms with Crippen LogP contribution in [0.4, 0.5) is 0 Å². The summed E-state index contributed by atoms with van der Waals surface area (Å²) < 4.78 is 9.80. The number of esters is 1. The van der Waals surface area contributed by atoms with Crippen molar-refractivity contribution in [1.29, 1.82) is 0 Å². The number of benzene rings is 2. The van der Waals surface area contributed by atoms with E-state index < -0.39 is 4.08 Å². The molecule has 0 spiro atoms. The number of carbonyl (C=O) groups excluding carboxylic acids is 1. The van der Waals surface area contributed by atoms with E-state index >= 15 is 0 Å². The fraction of sp³-hybridized carbons (Fsp3) is 0.381. The van der Waals surface area contributed by atoms with Crippen molar-refractivity contribution in [1.82, 2.24) is 0 Å². The number of hydrogen-bond donors (Lipinski definition) is 2. The lowest BCUT2D eigenvalue weighted by molar-refractivity contribution is -0.143. The summed E-state index contributed by atoms with van der Waals surface area (Å²) in [6.45, 7) is 6.66. The first-order chi connectivity index (χ1) is 12.9. The highest BCUT2D eigenvalue weighted by molar-refractivity contribution is 8.00. The molecule has 2 rings (SSSR count). The molecular formula is C21H27ClO3S2. The molecule has 0 amide bonds. The van der Waals surface area contributed by atoms with Crippen LogP contribution in [0.15, 0.2) is 48.5 Å². The van der Waals surface area contributed by atoms with E-state index in [1.807, 2.05) is 62.4 Å². The molecule has 2 aromatic rings. The van der Waals surface area contributed by atoms with Crippen LogP contribution >= 0.6 is 36.9 Å². The van der Waals surface area contributed by atoms with E-state index in [1.54, 1.807) is 6.92 Å². The van der Waals surface area contributed by atoms with E-state index in [4.69, 9.17) is 46.3 Å². The Balaban J connectivity index is 0.00000176. The average molecular weight is 427 g/mol. The fourth-order valence-electron chi connectivity index (χ4n) is 2.27. The van der Waals surface area contributed by atoms with Crippen LogP contribution in [0.2, 0.25) is 5.02 Å². The molecule has 0 unspecified atom stereocenters. The second-order valence-corrected chi connectivity index (χ2v) is 7.59. The summed E-state index contributed by atoms with van der Waals surface area (Å²) in [7, 11) is 0. The Hall–Kier alpha value is -1.30. The molecule has 0 aliphatic rings. The third kappa shape index (κ3) is 7.68. The van der Waals surface area contributed by atoms with E-state index in [0.29, 0.717) is 31.1 Å². The Morgan fingerprint density at radius 1 is 1.00 bits per heavy atom. The van der Waals surface area contributed by atoms with Crippen molar-refractivity contribution in [2.45, 2.75) is 37.7 Å². The maximum Gasteiger partial charge on any atom is 0.305 e. The highest BCUT2D eigenvalue weighted by Crippen LogP contribution is 2.40. The molecule has 27 heavy (non-hydrogen) atoms. The first kappa shape index (κ1) is 23.7. The summed E-state index contributed by atoms with van der Waals surface area (Å²) in [5.41, 5.74) is 1.87. The van der Waals surface area contributed by atoms with Gasteiger partial charge in [0.2, 0.25) is 0 Å². The number of hydrogen-bond acceptors (Lipinski definition) is 5. The van der Waals surface area contributed by atoms with E-state index in [1.165, 1.54) is 0 Å². The molecule has 0 fully saturated rings. The summed E-state index contributed by atoms with van der Waals surface area (Å²) in [6, 6.07) is 15.0. The summed E-state index contributed by atoms with van der Waals surface area (Å²) in [6.07, 6.45) is 0.979. The van der Waals surface area contributed by atoms with E-state index in [9.17, 15) is 4.79 Å². The summed E-state index contributed by atoms with van der Waals surface area (Å²) in [5, 5.41) is 0.674. The van der Waals surface area contributed by atoms with Gasteiger partial charge in [0.25, 0.3) is 0 Å². The molecule has 0 atom stereocenters. The average Bonchev–Trinajstić information content (AvgIpc) is 2.68. The molecule has 2 aromatic carbocycles. The second kappa shape index (κ2) is 12.2. The van der Waals surface area contributed by atoms with Gasteiger partial charge < -0.3 is 9.47 Å². The standard InChI is InChI=1S/C19H21ClO3S2.C2H6/c1-2-22-18(21)4-3-13-23-17-11-7-15(8-12-17)19(24,25)14-5-9-16(20)10-6-14;1-2/h5-12,24-25H,2-4,13H2,1H3;1-2H3. The van der Waals surface area contributed by atoms with E-state index in [-0.39, 0.29) is 5.97 Å². The molecule has 0 radical (unpaired) electrons. The largest absolute Gasteiger partial charge is 0.494 e. The minimum absolute atomic E-state index is 0.195. The molecule has 6 heteroatoms. The molecule has 0 bridgehead atoms. The maximum absolute atomic E-state index is 11.3. The van der Waals surface area contributed by atoms with Crippen molar-refractivity contribution in [3.63, 3.8) is 0 Å². The highest BCUT2D eigenvalue weighted by atomic mass is 35.5. The summed E-state index contributed by atoms with van der Waals surface area (Å²) >= 11 is 15.3. The minimum atomic E-state index is -0.729. The fourth-order valence-corrected chi connectivity index (χ4v) is 2.99. The van der Waals surface area contributed by atoms with Gasteiger partial charge in [0.05, 0.1) is 13.2 Å². The molecule has 3 nitrogen and oxygen atoms in total. The lowest BCUT2D eigenvalue weighted by Crippen LogP contribution is -2.12. The smallest absolute Gasteiger partial charge is 0.305 e. The number of rotatable bonds is 8. The minimum Gasteiger partial charge on any atom is -0.494 e. The predicted molar refractivity (Wildman–Crippen MR) is 119 cm³/mol. The van der Waals surface area contributed by atoms with Crippen molar-refractivity contribution in [3.05, 3.63) is 64.7 Å². The van der Waals surface area contributed by atoms with Gasteiger partial charge in [0, 0.05) is 11.4 Å². The van der Waals surface area contributed by atoms with Gasteiger partial charge in [0.15, 0.2) is 0 Å². The topological polar surface area (TPSA) is 35.5 Å². The van der Waals surface area contributed by atoms with Crippen LogP contribution < -0.4 is 4.74 Å². The van der Waals surface area contributed by atoms with Crippen LogP contribution in [0.1, 0.15) is 44.7 Å². The second-order valence-electron chi connectivity index (χ2n) is 5.46. The van der Waals surface area contributed by atoms with Crippen LogP contribution in [-0.4, -0.2) is 19.2 Å². The quantitative estimate of drug-likeness (QED) is 0.230. The molecule has 0 aliphatic carbocycles. The summed E-state index contributed by atoms with van der Waals surface area (Å²) in [4.78, 5) is 11.3. The normalized spacial score (nSPS) is 10.6. The van der Waals surface area contributed by atoms with Gasteiger partial charge in [-0.3, -0.25) is 4.79 Å². The first-order valence-corrected chi connectivity index (χ1v) is 10.3. The van der Waals surface area contributed by atoms with Crippen molar-refractivity contribution >= 4 is 42.8 Å². The van der Waals surface area contributed by atoms with Crippen molar-refractivity contribution < 1.29 is 14.3 Å². The van der Waals surface area contributed by atoms with Crippen LogP contribution in [-0.2, 0) is 13.6 Å².